The highest BCUT2D eigenvalue weighted by Gasteiger charge is 2.26. The van der Waals surface area contributed by atoms with E-state index in [9.17, 15) is 14.4 Å². The molecule has 0 aromatic heterocycles. The monoisotopic (exact) mass is 358 g/mol. The average Bonchev–Trinajstić information content (AvgIpc) is 2.54. The summed E-state index contributed by atoms with van der Waals surface area (Å²) in [6.45, 7) is 1.45. The second-order valence-electron chi connectivity index (χ2n) is 5.04. The van der Waals surface area contributed by atoms with Gasteiger partial charge in [0.2, 0.25) is 11.8 Å². The number of halogens is 2. The number of piperazine rings is 1. The van der Waals surface area contributed by atoms with E-state index >= 15 is 0 Å². The molecule has 1 heterocycles. The summed E-state index contributed by atoms with van der Waals surface area (Å²) >= 11 is 11.9. The third-order valence-corrected chi connectivity index (χ3v) is 4.10. The first kappa shape index (κ1) is 17.5. The molecule has 0 spiro atoms. The predicted molar refractivity (Wildman–Crippen MR) is 85.9 cm³/mol. The number of nitrogens with zero attached hydrogens (tertiary/aromatic N) is 2. The normalized spacial score (nSPS) is 14.6. The zero-order chi connectivity index (χ0) is 17.0. The number of amides is 3. The lowest BCUT2D eigenvalue weighted by Gasteiger charge is -2.34. The lowest BCUT2D eigenvalue weighted by molar-refractivity contribution is -0.137. The van der Waals surface area contributed by atoms with Crippen molar-refractivity contribution in [3.8, 4) is 0 Å². The molecule has 0 aliphatic carbocycles. The Morgan fingerprint density at radius 2 is 1.70 bits per heavy atom. The molecular formula is C14H16Cl2N4O3. The van der Waals surface area contributed by atoms with Gasteiger partial charge in [0.05, 0.1) is 10.6 Å². The molecule has 124 valence electrons. The van der Waals surface area contributed by atoms with E-state index in [4.69, 9.17) is 29.0 Å². The Balaban J connectivity index is 1.95. The van der Waals surface area contributed by atoms with Crippen LogP contribution in [0.5, 0.6) is 0 Å². The molecule has 9 heteroatoms. The van der Waals surface area contributed by atoms with Gasteiger partial charge in [0.1, 0.15) is 6.42 Å². The fourth-order valence-corrected chi connectivity index (χ4v) is 2.78. The van der Waals surface area contributed by atoms with Crippen molar-refractivity contribution in [2.24, 2.45) is 5.84 Å². The summed E-state index contributed by atoms with van der Waals surface area (Å²) in [5.74, 6) is 3.89. The van der Waals surface area contributed by atoms with Crippen molar-refractivity contribution < 1.29 is 14.4 Å². The molecule has 0 unspecified atom stereocenters. The fraction of sp³-hybridized carbons (Fsp3) is 0.357. The molecule has 0 radical (unpaired) electrons. The Labute approximate surface area is 143 Å². The zero-order valence-corrected chi connectivity index (χ0v) is 13.7. The van der Waals surface area contributed by atoms with Gasteiger partial charge in [0, 0.05) is 31.2 Å². The molecule has 23 heavy (non-hydrogen) atoms. The first-order valence-electron chi connectivity index (χ1n) is 6.94. The summed E-state index contributed by atoms with van der Waals surface area (Å²) < 4.78 is 0. The maximum atomic E-state index is 12.4. The molecule has 0 bridgehead atoms. The van der Waals surface area contributed by atoms with Crippen LogP contribution in [0.2, 0.25) is 10.0 Å². The number of hydrazine groups is 1. The lowest BCUT2D eigenvalue weighted by atomic mass is 10.1. The molecule has 0 saturated carbocycles. The third-order valence-electron chi connectivity index (χ3n) is 3.55. The molecule has 3 N–H and O–H groups in total. The topological polar surface area (TPSA) is 95.7 Å². The summed E-state index contributed by atoms with van der Waals surface area (Å²) in [5.41, 5.74) is 2.29. The number of carbonyl (C=O) groups is 3. The standard InChI is InChI=1S/C14H16Cl2N4O3/c15-9-1-2-10(11(16)7-9)14(23)20-5-3-19(4-6-20)13(22)8-12(21)18-17/h1-2,7H,3-6,8,17H2,(H,18,21). The maximum Gasteiger partial charge on any atom is 0.255 e. The zero-order valence-electron chi connectivity index (χ0n) is 12.2. The first-order valence-corrected chi connectivity index (χ1v) is 7.69. The summed E-state index contributed by atoms with van der Waals surface area (Å²) in [6, 6.07) is 4.70. The fourth-order valence-electron chi connectivity index (χ4n) is 2.29. The molecule has 1 aromatic rings. The van der Waals surface area contributed by atoms with Crippen molar-refractivity contribution in [2.45, 2.75) is 6.42 Å². The number of nitrogens with two attached hydrogens (primary N) is 1. The van der Waals surface area contributed by atoms with Crippen molar-refractivity contribution in [3.63, 3.8) is 0 Å². The number of rotatable bonds is 3. The van der Waals surface area contributed by atoms with Crippen molar-refractivity contribution in [1.29, 1.82) is 0 Å². The van der Waals surface area contributed by atoms with Crippen LogP contribution in [-0.4, -0.2) is 53.7 Å². The molecule has 1 aromatic carbocycles. The van der Waals surface area contributed by atoms with Gasteiger partial charge in [-0.1, -0.05) is 23.2 Å². The highest BCUT2D eigenvalue weighted by molar-refractivity contribution is 6.36. The Kier molecular flexibility index (Phi) is 5.81. The average molecular weight is 359 g/mol. The molecule has 3 amide bonds. The van der Waals surface area contributed by atoms with Gasteiger partial charge in [-0.3, -0.25) is 19.8 Å². The van der Waals surface area contributed by atoms with Gasteiger partial charge in [-0.2, -0.15) is 0 Å². The van der Waals surface area contributed by atoms with Crippen LogP contribution in [0.4, 0.5) is 0 Å². The quantitative estimate of drug-likeness (QED) is 0.359. The molecule has 0 atom stereocenters. The number of nitrogens with one attached hydrogen (secondary N) is 1. The summed E-state index contributed by atoms with van der Waals surface area (Å²) in [5, 5.41) is 0.751. The van der Waals surface area contributed by atoms with Crippen molar-refractivity contribution in [1.82, 2.24) is 15.2 Å². The predicted octanol–water partition coefficient (Wildman–Crippen LogP) is 0.658. The van der Waals surface area contributed by atoms with Gasteiger partial charge in [0.25, 0.3) is 5.91 Å². The van der Waals surface area contributed by atoms with Crippen LogP contribution in [0.25, 0.3) is 0 Å². The Hall–Kier alpha value is -1.83. The largest absolute Gasteiger partial charge is 0.339 e. The van der Waals surface area contributed by atoms with E-state index in [1.807, 2.05) is 5.43 Å². The van der Waals surface area contributed by atoms with Crippen LogP contribution < -0.4 is 11.3 Å². The van der Waals surface area contributed by atoms with Gasteiger partial charge in [-0.25, -0.2) is 5.84 Å². The third kappa shape index (κ3) is 4.34. The molecule has 1 aliphatic rings. The molecule has 2 rings (SSSR count). The van der Waals surface area contributed by atoms with Gasteiger partial charge < -0.3 is 9.80 Å². The van der Waals surface area contributed by atoms with E-state index in [1.165, 1.54) is 11.0 Å². The number of hydrogen-bond donors (Lipinski definition) is 2. The molecule has 1 saturated heterocycles. The van der Waals surface area contributed by atoms with Crippen LogP contribution in [-0.2, 0) is 9.59 Å². The second-order valence-corrected chi connectivity index (χ2v) is 5.89. The summed E-state index contributed by atoms with van der Waals surface area (Å²) in [7, 11) is 0. The molecule has 1 fully saturated rings. The molecule has 7 nitrogen and oxygen atoms in total. The first-order chi connectivity index (χ1) is 10.9. The van der Waals surface area contributed by atoms with Gasteiger partial charge in [0.15, 0.2) is 0 Å². The minimum absolute atomic E-state index is 0.210. The minimum Gasteiger partial charge on any atom is -0.339 e. The van der Waals surface area contributed by atoms with Crippen LogP contribution in [0.15, 0.2) is 18.2 Å². The Bertz CT molecular complexity index is 630. The van der Waals surface area contributed by atoms with Gasteiger partial charge in [-0.05, 0) is 18.2 Å². The smallest absolute Gasteiger partial charge is 0.255 e. The Morgan fingerprint density at radius 1 is 1.09 bits per heavy atom. The van der Waals surface area contributed by atoms with Crippen LogP contribution in [0, 0.1) is 0 Å². The summed E-state index contributed by atoms with van der Waals surface area (Å²) in [6.07, 6.45) is -0.298. The number of benzene rings is 1. The van der Waals surface area contributed by atoms with E-state index in [1.54, 1.807) is 17.0 Å². The van der Waals surface area contributed by atoms with Crippen LogP contribution >= 0.6 is 23.2 Å². The van der Waals surface area contributed by atoms with Crippen LogP contribution in [0.1, 0.15) is 16.8 Å². The Morgan fingerprint density at radius 3 is 2.26 bits per heavy atom. The molecule has 1 aliphatic heterocycles. The van der Waals surface area contributed by atoms with Gasteiger partial charge in [-0.15, -0.1) is 0 Å². The highest BCUT2D eigenvalue weighted by Crippen LogP contribution is 2.22. The highest BCUT2D eigenvalue weighted by atomic mass is 35.5. The van der Waals surface area contributed by atoms with E-state index in [0.29, 0.717) is 41.8 Å². The van der Waals surface area contributed by atoms with E-state index < -0.39 is 5.91 Å². The van der Waals surface area contributed by atoms with E-state index in [2.05, 4.69) is 0 Å². The van der Waals surface area contributed by atoms with Gasteiger partial charge >= 0.3 is 0 Å². The number of carbonyl (C=O) groups excluding carboxylic acids is 3. The SMILES string of the molecule is NNC(=O)CC(=O)N1CCN(C(=O)c2ccc(Cl)cc2Cl)CC1. The van der Waals surface area contributed by atoms with E-state index in [0.717, 1.165) is 0 Å². The van der Waals surface area contributed by atoms with Crippen molar-refractivity contribution in [2.75, 3.05) is 26.2 Å². The van der Waals surface area contributed by atoms with Crippen LogP contribution in [0.3, 0.4) is 0 Å². The van der Waals surface area contributed by atoms with Crippen molar-refractivity contribution >= 4 is 40.9 Å². The summed E-state index contributed by atoms with van der Waals surface area (Å²) in [4.78, 5) is 38.6. The number of hydrogen-bond acceptors (Lipinski definition) is 4. The minimum atomic E-state index is -0.540. The maximum absolute atomic E-state index is 12.4. The lowest BCUT2D eigenvalue weighted by Crippen LogP contribution is -2.51. The van der Waals surface area contributed by atoms with E-state index in [-0.39, 0.29) is 18.2 Å². The molecular weight excluding hydrogens is 343 g/mol. The second kappa shape index (κ2) is 7.63. The van der Waals surface area contributed by atoms with Crippen molar-refractivity contribution in [3.05, 3.63) is 33.8 Å².